The first kappa shape index (κ1) is 68.0. The van der Waals surface area contributed by atoms with Crippen molar-refractivity contribution in [1.82, 2.24) is 0 Å². The second-order valence-corrected chi connectivity index (χ2v) is 20.9. The highest BCUT2D eigenvalue weighted by Crippen LogP contribution is 2.16. The van der Waals surface area contributed by atoms with Crippen LogP contribution in [0.4, 0.5) is 0 Å². The molecule has 0 bridgehead atoms. The van der Waals surface area contributed by atoms with Crippen LogP contribution in [0.15, 0.2) is 60.8 Å². The maximum atomic E-state index is 12.8. The predicted octanol–water partition coefficient (Wildman–Crippen LogP) is 15.9. The number of carboxylic acid groups (broad SMARTS) is 1. The van der Waals surface area contributed by atoms with E-state index in [2.05, 4.69) is 74.6 Å². The topological polar surface area (TPSA) is 111 Å². The molecule has 0 saturated heterocycles. The molecular weight excluding hydrogens is 887 g/mol. The zero-order valence-electron chi connectivity index (χ0n) is 46.8. The number of quaternary nitrogens is 1. The molecule has 0 heterocycles. The van der Waals surface area contributed by atoms with Gasteiger partial charge in [-0.05, 0) is 77.0 Å². The number of hydrogen-bond acceptors (Lipinski definition) is 8. The minimum atomic E-state index is -1.63. The van der Waals surface area contributed by atoms with Crippen LogP contribution < -0.4 is 5.11 Å². The van der Waals surface area contributed by atoms with E-state index >= 15 is 0 Å². The number of esters is 2. The van der Waals surface area contributed by atoms with Gasteiger partial charge in [0.1, 0.15) is 13.2 Å². The van der Waals surface area contributed by atoms with Gasteiger partial charge < -0.3 is 33.3 Å². The Bertz CT molecular complexity index is 1350. The van der Waals surface area contributed by atoms with Gasteiger partial charge in [0.2, 0.25) is 0 Å². The molecule has 0 radical (unpaired) electrons. The van der Waals surface area contributed by atoms with Crippen molar-refractivity contribution in [2.45, 2.75) is 270 Å². The zero-order chi connectivity index (χ0) is 52.0. The maximum Gasteiger partial charge on any atom is 0.306 e. The normalized spacial score (nSPS) is 13.2. The van der Waals surface area contributed by atoms with E-state index in [9.17, 15) is 19.5 Å². The Balaban J connectivity index is 4.20. The summed E-state index contributed by atoms with van der Waals surface area (Å²) < 4.78 is 22.7. The van der Waals surface area contributed by atoms with E-state index in [0.717, 1.165) is 83.5 Å². The molecule has 9 nitrogen and oxygen atoms in total. The van der Waals surface area contributed by atoms with Crippen LogP contribution in [-0.4, -0.2) is 82.3 Å². The summed E-state index contributed by atoms with van der Waals surface area (Å²) in [5.74, 6) is -2.30. The molecule has 0 aliphatic heterocycles. The lowest BCUT2D eigenvalue weighted by Crippen LogP contribution is -2.44. The molecular formula is C62H111NO8. The summed E-state index contributed by atoms with van der Waals surface area (Å²) in [5.41, 5.74) is 0. The second kappa shape index (κ2) is 53.3. The van der Waals surface area contributed by atoms with Crippen LogP contribution in [0.5, 0.6) is 0 Å². The van der Waals surface area contributed by atoms with E-state index in [1.165, 1.54) is 141 Å². The lowest BCUT2D eigenvalue weighted by atomic mass is 10.0. The maximum absolute atomic E-state index is 12.8. The summed E-state index contributed by atoms with van der Waals surface area (Å²) >= 11 is 0. The number of allylic oxidation sites excluding steroid dienone is 10. The van der Waals surface area contributed by atoms with Crippen LogP contribution in [0.25, 0.3) is 0 Å². The summed E-state index contributed by atoms with van der Waals surface area (Å²) in [6.45, 7) is 4.64. The minimum Gasteiger partial charge on any atom is -0.545 e. The number of carbonyl (C=O) groups excluding carboxylic acids is 3. The van der Waals surface area contributed by atoms with E-state index < -0.39 is 24.3 Å². The summed E-state index contributed by atoms with van der Waals surface area (Å²) in [7, 11) is 5.92. The molecule has 0 rings (SSSR count). The van der Waals surface area contributed by atoms with Crippen molar-refractivity contribution < 1.29 is 42.9 Å². The van der Waals surface area contributed by atoms with Gasteiger partial charge in [-0.2, -0.15) is 0 Å². The van der Waals surface area contributed by atoms with Gasteiger partial charge >= 0.3 is 11.9 Å². The van der Waals surface area contributed by atoms with Crippen LogP contribution in [-0.2, 0) is 33.3 Å². The van der Waals surface area contributed by atoms with Gasteiger partial charge in [0.25, 0.3) is 0 Å². The molecule has 0 saturated carbocycles. The van der Waals surface area contributed by atoms with Crippen LogP contribution in [0.1, 0.15) is 258 Å². The molecule has 2 atom stereocenters. The average molecular weight is 999 g/mol. The van der Waals surface area contributed by atoms with E-state index in [1.54, 1.807) is 0 Å². The smallest absolute Gasteiger partial charge is 0.306 e. The summed E-state index contributed by atoms with van der Waals surface area (Å²) in [6, 6.07) is 0. The third-order valence-corrected chi connectivity index (χ3v) is 12.7. The van der Waals surface area contributed by atoms with Crippen molar-refractivity contribution in [2.24, 2.45) is 0 Å². The first-order chi connectivity index (χ1) is 34.6. The van der Waals surface area contributed by atoms with Crippen molar-refractivity contribution in [3.05, 3.63) is 60.8 Å². The summed E-state index contributed by atoms with van der Waals surface area (Å²) in [6.07, 6.45) is 64.2. The first-order valence-electron chi connectivity index (χ1n) is 29.4. The first-order valence-corrected chi connectivity index (χ1v) is 29.4. The van der Waals surface area contributed by atoms with Gasteiger partial charge in [-0.15, -0.1) is 0 Å². The largest absolute Gasteiger partial charge is 0.545 e. The van der Waals surface area contributed by atoms with Crippen molar-refractivity contribution in [2.75, 3.05) is 47.5 Å². The van der Waals surface area contributed by atoms with Crippen molar-refractivity contribution in [1.29, 1.82) is 0 Å². The molecule has 0 aromatic rings. The Kier molecular flexibility index (Phi) is 51.0. The molecule has 0 N–H and O–H groups in total. The number of aliphatic carboxylic acids is 1. The van der Waals surface area contributed by atoms with E-state index in [0.29, 0.717) is 17.4 Å². The van der Waals surface area contributed by atoms with Gasteiger partial charge in [-0.1, -0.05) is 229 Å². The third-order valence-electron chi connectivity index (χ3n) is 12.7. The highest BCUT2D eigenvalue weighted by Gasteiger charge is 2.22. The monoisotopic (exact) mass is 998 g/mol. The molecule has 71 heavy (non-hydrogen) atoms. The van der Waals surface area contributed by atoms with E-state index in [-0.39, 0.29) is 38.6 Å². The van der Waals surface area contributed by atoms with E-state index in [4.69, 9.17) is 18.9 Å². The van der Waals surface area contributed by atoms with E-state index in [1.807, 2.05) is 21.1 Å². The Morgan fingerprint density at radius 2 is 0.803 bits per heavy atom. The number of likely N-dealkylation sites (N-methyl/N-ethyl adjacent to an activating group) is 1. The molecule has 9 heteroatoms. The molecule has 0 aliphatic rings. The third kappa shape index (κ3) is 54.6. The van der Waals surface area contributed by atoms with Gasteiger partial charge in [0.05, 0.1) is 40.3 Å². The Hall–Kier alpha value is -3.01. The SMILES string of the molecule is CC/C=C\C/C=C\C/C=C\C/C=C\CCCCCCCCC(=O)OC(COC(=O)CCCCCCCCCCCCCCCCC/C=C\CCCCCCCCCC)COC(OCC[N+](C)(C)C)C(=O)[O-]. The molecule has 0 amide bonds. The van der Waals surface area contributed by atoms with Gasteiger partial charge in [0.15, 0.2) is 12.4 Å². The number of hydrogen-bond donors (Lipinski definition) is 0. The number of ether oxygens (including phenoxy) is 4. The number of carboxylic acids is 1. The molecule has 0 aliphatic carbocycles. The van der Waals surface area contributed by atoms with Gasteiger partial charge in [-0.3, -0.25) is 9.59 Å². The lowest BCUT2D eigenvalue weighted by molar-refractivity contribution is -0.870. The fraction of sp³-hybridized carbons (Fsp3) is 0.790. The highest BCUT2D eigenvalue weighted by molar-refractivity contribution is 5.70. The summed E-state index contributed by atoms with van der Waals surface area (Å²) in [5, 5.41) is 11.8. The molecule has 0 aromatic heterocycles. The number of carbonyl (C=O) groups is 3. The number of unbranched alkanes of at least 4 members (excludes halogenated alkanes) is 29. The van der Waals surface area contributed by atoms with Gasteiger partial charge in [-0.25, -0.2) is 0 Å². The predicted molar refractivity (Wildman–Crippen MR) is 297 cm³/mol. The fourth-order valence-corrected chi connectivity index (χ4v) is 8.23. The Morgan fingerprint density at radius 1 is 0.437 bits per heavy atom. The summed E-state index contributed by atoms with van der Waals surface area (Å²) in [4.78, 5) is 37.3. The molecule has 0 aromatic carbocycles. The molecule has 0 spiro atoms. The minimum absolute atomic E-state index is 0.143. The van der Waals surface area contributed by atoms with Crippen molar-refractivity contribution in [3.8, 4) is 0 Å². The number of rotatable bonds is 54. The fourth-order valence-electron chi connectivity index (χ4n) is 8.23. The highest BCUT2D eigenvalue weighted by atomic mass is 16.7. The van der Waals surface area contributed by atoms with Crippen molar-refractivity contribution in [3.63, 3.8) is 0 Å². The second-order valence-electron chi connectivity index (χ2n) is 20.9. The van der Waals surface area contributed by atoms with Crippen LogP contribution in [0.3, 0.4) is 0 Å². The van der Waals surface area contributed by atoms with Gasteiger partial charge in [0, 0.05) is 12.8 Å². The van der Waals surface area contributed by atoms with Crippen LogP contribution in [0, 0.1) is 0 Å². The van der Waals surface area contributed by atoms with Crippen LogP contribution >= 0.6 is 0 Å². The Morgan fingerprint density at radius 3 is 1.21 bits per heavy atom. The molecule has 412 valence electrons. The lowest BCUT2D eigenvalue weighted by Gasteiger charge is -2.26. The number of nitrogens with zero attached hydrogens (tertiary/aromatic N) is 1. The molecule has 0 fully saturated rings. The Labute approximate surface area is 437 Å². The molecule has 2 unspecified atom stereocenters. The van der Waals surface area contributed by atoms with Crippen LogP contribution in [0.2, 0.25) is 0 Å². The van der Waals surface area contributed by atoms with Crippen molar-refractivity contribution >= 4 is 17.9 Å². The quantitative estimate of drug-likeness (QED) is 0.0195. The standard InChI is InChI=1S/C62H111NO8/c1-6-8-10-12-14-16-18-20-22-24-26-27-28-29-30-31-32-33-35-36-38-40-42-44-46-48-50-52-59(64)69-56-58(57-70-62(61(66)67)68-55-54-63(3,4)5)71-60(65)53-51-49-47-45-43-41-39-37-34-25-23-21-19-17-15-13-11-9-7-2/h9,11,15,17,21,23-24,26,34,37,58,62H,6-8,10,12-14,16,18-20,22,25,27-33,35-36,38-57H2,1-5H3/b11-9-,17-15-,23-21-,26-24-,37-34-. The zero-order valence-corrected chi connectivity index (χ0v) is 46.8. The average Bonchev–Trinajstić information content (AvgIpc) is 3.34.